The van der Waals surface area contributed by atoms with E-state index in [1.807, 2.05) is 30.3 Å². The number of rotatable bonds is 8. The minimum absolute atomic E-state index is 0.00467. The van der Waals surface area contributed by atoms with E-state index in [-0.39, 0.29) is 5.92 Å². The van der Waals surface area contributed by atoms with E-state index in [4.69, 9.17) is 15.2 Å². The molecular weight excluding hydrogens is 270 g/mol. The summed E-state index contributed by atoms with van der Waals surface area (Å²) in [5, 5.41) is 9.22. The van der Waals surface area contributed by atoms with Crippen molar-refractivity contribution in [1.82, 2.24) is 0 Å². The van der Waals surface area contributed by atoms with E-state index in [2.05, 4.69) is 0 Å². The Morgan fingerprint density at radius 3 is 2.76 bits per heavy atom. The predicted molar refractivity (Wildman–Crippen MR) is 79.3 cm³/mol. The van der Waals surface area contributed by atoms with Crippen LogP contribution >= 0.6 is 0 Å². The molecule has 116 valence electrons. The van der Waals surface area contributed by atoms with E-state index in [1.165, 1.54) is 0 Å². The zero-order chi connectivity index (χ0) is 15.1. The van der Waals surface area contributed by atoms with Gasteiger partial charge in [-0.25, -0.2) is 0 Å². The van der Waals surface area contributed by atoms with Gasteiger partial charge in [-0.2, -0.15) is 0 Å². The van der Waals surface area contributed by atoms with Gasteiger partial charge in [-0.05, 0) is 37.3 Å². The van der Waals surface area contributed by atoms with Crippen molar-refractivity contribution in [2.75, 3.05) is 19.8 Å². The molecule has 0 amide bonds. The topological polar surface area (TPSA) is 81.8 Å². The third-order valence-corrected chi connectivity index (χ3v) is 4.12. The number of carbonyl (C=O) groups is 1. The van der Waals surface area contributed by atoms with Crippen molar-refractivity contribution in [3.05, 3.63) is 30.3 Å². The highest BCUT2D eigenvalue weighted by Crippen LogP contribution is 2.36. The molecule has 1 aliphatic carbocycles. The summed E-state index contributed by atoms with van der Waals surface area (Å²) in [6, 6.07) is 9.57. The average molecular weight is 293 g/mol. The average Bonchev–Trinajstić information content (AvgIpc) is 2.86. The van der Waals surface area contributed by atoms with Crippen LogP contribution in [0.1, 0.15) is 25.7 Å². The van der Waals surface area contributed by atoms with E-state index < -0.39 is 11.5 Å². The molecule has 0 radical (unpaired) electrons. The third kappa shape index (κ3) is 4.19. The van der Waals surface area contributed by atoms with Gasteiger partial charge in [0.25, 0.3) is 0 Å². The molecule has 0 aliphatic heterocycles. The van der Waals surface area contributed by atoms with Gasteiger partial charge in [0.1, 0.15) is 17.9 Å². The number of para-hydroxylation sites is 1. The highest BCUT2D eigenvalue weighted by atomic mass is 16.5. The van der Waals surface area contributed by atoms with Crippen molar-refractivity contribution in [1.29, 1.82) is 0 Å². The van der Waals surface area contributed by atoms with Crippen LogP contribution in [0.5, 0.6) is 5.75 Å². The normalized spacial score (nSPS) is 24.9. The van der Waals surface area contributed by atoms with Crippen LogP contribution in [0.3, 0.4) is 0 Å². The largest absolute Gasteiger partial charge is 0.491 e. The quantitative estimate of drug-likeness (QED) is 0.717. The van der Waals surface area contributed by atoms with Gasteiger partial charge in [0.2, 0.25) is 0 Å². The lowest BCUT2D eigenvalue weighted by Gasteiger charge is -2.26. The fourth-order valence-electron chi connectivity index (χ4n) is 2.85. The monoisotopic (exact) mass is 293 g/mol. The van der Waals surface area contributed by atoms with Gasteiger partial charge in [-0.1, -0.05) is 24.6 Å². The lowest BCUT2D eigenvalue weighted by atomic mass is 9.86. The maximum Gasteiger partial charge on any atom is 0.323 e. The summed E-state index contributed by atoms with van der Waals surface area (Å²) in [6.45, 7) is 1.50. The molecule has 1 aromatic rings. The highest BCUT2D eigenvalue weighted by Gasteiger charge is 2.45. The molecule has 2 atom stereocenters. The molecule has 0 heterocycles. The van der Waals surface area contributed by atoms with Gasteiger partial charge in [0.15, 0.2) is 0 Å². The number of ether oxygens (including phenoxy) is 2. The van der Waals surface area contributed by atoms with Crippen molar-refractivity contribution in [2.45, 2.75) is 31.2 Å². The summed E-state index contributed by atoms with van der Waals surface area (Å²) < 4.78 is 11.0. The van der Waals surface area contributed by atoms with Crippen LogP contribution in [-0.2, 0) is 9.53 Å². The van der Waals surface area contributed by atoms with Crippen molar-refractivity contribution in [3.8, 4) is 5.75 Å². The summed E-state index contributed by atoms with van der Waals surface area (Å²) in [4.78, 5) is 11.2. The van der Waals surface area contributed by atoms with Gasteiger partial charge >= 0.3 is 5.97 Å². The molecule has 3 N–H and O–H groups in total. The molecule has 5 heteroatoms. The second kappa shape index (κ2) is 7.43. The van der Waals surface area contributed by atoms with E-state index >= 15 is 0 Å². The Kier molecular flexibility index (Phi) is 5.59. The molecule has 1 aliphatic rings. The lowest BCUT2D eigenvalue weighted by Crippen LogP contribution is -2.51. The van der Waals surface area contributed by atoms with Gasteiger partial charge < -0.3 is 20.3 Å². The van der Waals surface area contributed by atoms with Crippen molar-refractivity contribution < 1.29 is 19.4 Å². The molecule has 0 saturated heterocycles. The maximum absolute atomic E-state index is 11.2. The summed E-state index contributed by atoms with van der Waals surface area (Å²) >= 11 is 0. The van der Waals surface area contributed by atoms with Crippen LogP contribution in [-0.4, -0.2) is 36.4 Å². The number of hydrogen-bond acceptors (Lipinski definition) is 4. The molecule has 21 heavy (non-hydrogen) atoms. The first-order valence-electron chi connectivity index (χ1n) is 7.41. The SMILES string of the molecule is NC1(C(=O)O)CCCC1CCOCCOc1ccccc1. The molecule has 0 bridgehead atoms. The number of hydrogen-bond donors (Lipinski definition) is 2. The minimum atomic E-state index is -1.07. The molecular formula is C16H23NO4. The zero-order valence-corrected chi connectivity index (χ0v) is 12.2. The van der Waals surface area contributed by atoms with Crippen LogP contribution in [0, 0.1) is 5.92 Å². The molecule has 5 nitrogen and oxygen atoms in total. The van der Waals surface area contributed by atoms with Gasteiger partial charge in [0, 0.05) is 6.61 Å². The zero-order valence-electron chi connectivity index (χ0n) is 12.2. The first-order chi connectivity index (χ1) is 10.1. The molecule has 0 spiro atoms. The molecule has 1 fully saturated rings. The third-order valence-electron chi connectivity index (χ3n) is 4.12. The maximum atomic E-state index is 11.2. The summed E-state index contributed by atoms with van der Waals surface area (Å²) in [5.74, 6) is -0.0637. The van der Waals surface area contributed by atoms with E-state index in [1.54, 1.807) is 0 Å². The van der Waals surface area contributed by atoms with Crippen molar-refractivity contribution in [3.63, 3.8) is 0 Å². The number of nitrogens with two attached hydrogens (primary N) is 1. The standard InChI is InChI=1S/C16H23NO4/c17-16(15(18)19)9-4-5-13(16)8-10-20-11-12-21-14-6-2-1-3-7-14/h1-3,6-7,13H,4-5,8-12,17H2,(H,18,19). The second-order valence-electron chi connectivity index (χ2n) is 5.50. The molecule has 0 aromatic heterocycles. The molecule has 2 unspecified atom stereocenters. The molecule has 1 saturated carbocycles. The van der Waals surface area contributed by atoms with E-state index in [0.29, 0.717) is 32.7 Å². The first-order valence-corrected chi connectivity index (χ1v) is 7.41. The van der Waals surface area contributed by atoms with E-state index in [0.717, 1.165) is 18.6 Å². The van der Waals surface area contributed by atoms with Gasteiger partial charge in [-0.15, -0.1) is 0 Å². The summed E-state index contributed by atoms with van der Waals surface area (Å²) in [7, 11) is 0. The summed E-state index contributed by atoms with van der Waals surface area (Å²) in [6.07, 6.45) is 3.00. The fraction of sp³-hybridized carbons (Fsp3) is 0.562. The molecule has 1 aromatic carbocycles. The van der Waals surface area contributed by atoms with Crippen LogP contribution < -0.4 is 10.5 Å². The lowest BCUT2D eigenvalue weighted by molar-refractivity contribution is -0.145. The van der Waals surface area contributed by atoms with Crippen molar-refractivity contribution in [2.24, 2.45) is 11.7 Å². The Balaban J connectivity index is 1.61. The fourth-order valence-corrected chi connectivity index (χ4v) is 2.85. The van der Waals surface area contributed by atoms with E-state index in [9.17, 15) is 9.90 Å². The Morgan fingerprint density at radius 2 is 2.05 bits per heavy atom. The Hall–Kier alpha value is -1.59. The van der Waals surface area contributed by atoms with Crippen LogP contribution in [0.2, 0.25) is 0 Å². The Morgan fingerprint density at radius 1 is 1.29 bits per heavy atom. The van der Waals surface area contributed by atoms with Crippen LogP contribution in [0.4, 0.5) is 0 Å². The Bertz CT molecular complexity index is 451. The number of benzene rings is 1. The minimum Gasteiger partial charge on any atom is -0.491 e. The van der Waals surface area contributed by atoms with Gasteiger partial charge in [0.05, 0.1) is 6.61 Å². The molecule has 2 rings (SSSR count). The first kappa shape index (κ1) is 15.8. The second-order valence-corrected chi connectivity index (χ2v) is 5.50. The summed E-state index contributed by atoms with van der Waals surface area (Å²) in [5.41, 5.74) is 4.92. The smallest absolute Gasteiger partial charge is 0.323 e. The van der Waals surface area contributed by atoms with Crippen molar-refractivity contribution >= 4 is 5.97 Å². The van der Waals surface area contributed by atoms with Gasteiger partial charge in [-0.3, -0.25) is 4.79 Å². The highest BCUT2D eigenvalue weighted by molar-refractivity contribution is 5.79. The Labute approximate surface area is 125 Å². The van der Waals surface area contributed by atoms with Crippen LogP contribution in [0.25, 0.3) is 0 Å². The predicted octanol–water partition coefficient (Wildman–Crippen LogP) is 2.05. The van der Waals surface area contributed by atoms with Crippen LogP contribution in [0.15, 0.2) is 30.3 Å². The number of carboxylic acids is 1. The number of carboxylic acid groups (broad SMARTS) is 1. The number of aliphatic carboxylic acids is 1.